The molecule has 0 saturated heterocycles. The van der Waals surface area contributed by atoms with E-state index in [1.807, 2.05) is 6.92 Å². The van der Waals surface area contributed by atoms with Crippen molar-refractivity contribution in [2.75, 3.05) is 19.6 Å². The first-order valence-electron chi connectivity index (χ1n) is 6.01. The Morgan fingerprint density at radius 3 is 2.83 bits per heavy atom. The van der Waals surface area contributed by atoms with Gasteiger partial charge in [-0.1, -0.05) is 12.1 Å². The second kappa shape index (κ2) is 7.45. The summed E-state index contributed by atoms with van der Waals surface area (Å²) < 4.78 is 31.0. The molecule has 104 valence electrons. The highest BCUT2D eigenvalue weighted by Crippen LogP contribution is 1.98. The number of hydrogen-bond acceptors (Lipinski definition) is 6. The van der Waals surface area contributed by atoms with E-state index in [1.165, 1.54) is 6.33 Å². The molecule has 0 amide bonds. The molecule has 1 heterocycles. The Hall–Kier alpha value is -0.990. The Labute approximate surface area is 107 Å². The average molecular weight is 276 g/mol. The molecule has 0 aliphatic heterocycles. The Kier molecular flexibility index (Phi) is 6.23. The fourth-order valence-electron chi connectivity index (χ4n) is 1.34. The zero-order valence-corrected chi connectivity index (χ0v) is 11.5. The van der Waals surface area contributed by atoms with Gasteiger partial charge >= 0.3 is 0 Å². The van der Waals surface area contributed by atoms with Crippen LogP contribution in [0.5, 0.6) is 0 Å². The van der Waals surface area contributed by atoms with Gasteiger partial charge in [0.15, 0.2) is 6.33 Å². The predicted octanol–water partition coefficient (Wildman–Crippen LogP) is -0.0804. The molecule has 1 aromatic rings. The Morgan fingerprint density at radius 2 is 2.22 bits per heavy atom. The van der Waals surface area contributed by atoms with E-state index in [9.17, 15) is 8.42 Å². The second-order valence-corrected chi connectivity index (χ2v) is 6.22. The summed E-state index contributed by atoms with van der Waals surface area (Å²) in [7, 11) is -3.30. The fourth-order valence-corrected chi connectivity index (χ4v) is 2.35. The van der Waals surface area contributed by atoms with Crippen LogP contribution in [0.1, 0.15) is 26.2 Å². The lowest BCUT2D eigenvalue weighted by atomic mass is 10.4. The van der Waals surface area contributed by atoms with Gasteiger partial charge < -0.3 is 9.84 Å². The third kappa shape index (κ3) is 5.11. The van der Waals surface area contributed by atoms with E-state index in [-0.39, 0.29) is 6.54 Å². The van der Waals surface area contributed by atoms with Gasteiger partial charge in [-0.05, 0) is 19.9 Å². The summed E-state index contributed by atoms with van der Waals surface area (Å²) in [6.45, 7) is 5.25. The van der Waals surface area contributed by atoms with Crippen LogP contribution in [0.3, 0.4) is 0 Å². The van der Waals surface area contributed by atoms with E-state index in [1.54, 1.807) is 6.92 Å². The van der Waals surface area contributed by atoms with Crippen molar-refractivity contribution < 1.29 is 12.9 Å². The van der Waals surface area contributed by atoms with Gasteiger partial charge in [-0.2, -0.15) is 4.98 Å². The third-order valence-electron chi connectivity index (χ3n) is 2.44. The maximum Gasteiger partial charge on any atom is 0.227 e. The number of hydrogen-bond donors (Lipinski definition) is 2. The van der Waals surface area contributed by atoms with E-state index >= 15 is 0 Å². The summed E-state index contributed by atoms with van der Waals surface area (Å²) in [5.74, 6) is 0.425. The largest absolute Gasteiger partial charge is 0.340 e. The lowest BCUT2D eigenvalue weighted by molar-refractivity contribution is 0.377. The van der Waals surface area contributed by atoms with Crippen LogP contribution in [-0.2, 0) is 16.4 Å². The Balaban J connectivity index is 2.30. The lowest BCUT2D eigenvalue weighted by Gasteiger charge is -2.14. The van der Waals surface area contributed by atoms with Crippen LogP contribution in [-0.4, -0.2) is 43.4 Å². The summed E-state index contributed by atoms with van der Waals surface area (Å²) >= 11 is 0. The van der Waals surface area contributed by atoms with Crippen LogP contribution in [0.25, 0.3) is 0 Å². The molecule has 2 N–H and O–H groups in total. The van der Waals surface area contributed by atoms with Gasteiger partial charge in [-0.25, -0.2) is 13.1 Å². The summed E-state index contributed by atoms with van der Waals surface area (Å²) in [5.41, 5.74) is 0. The third-order valence-corrected chi connectivity index (χ3v) is 4.27. The van der Waals surface area contributed by atoms with Crippen molar-refractivity contribution in [3.8, 4) is 0 Å². The number of rotatable bonds is 9. The van der Waals surface area contributed by atoms with Crippen molar-refractivity contribution in [1.82, 2.24) is 20.2 Å². The average Bonchev–Trinajstić information content (AvgIpc) is 2.82. The number of nitrogens with zero attached hydrogens (tertiary/aromatic N) is 2. The fraction of sp³-hybridized carbons (Fsp3) is 0.800. The van der Waals surface area contributed by atoms with E-state index in [2.05, 4.69) is 20.2 Å². The van der Waals surface area contributed by atoms with Gasteiger partial charge in [0, 0.05) is 19.5 Å². The topological polar surface area (TPSA) is 97.1 Å². The first kappa shape index (κ1) is 15.1. The molecule has 0 aliphatic carbocycles. The molecule has 0 radical (unpaired) electrons. The van der Waals surface area contributed by atoms with E-state index in [0.29, 0.717) is 18.9 Å². The SMILES string of the molecule is CCCNCC(C)S(=O)(=O)NCCc1ncno1. The van der Waals surface area contributed by atoms with Gasteiger partial charge in [0.2, 0.25) is 15.9 Å². The van der Waals surface area contributed by atoms with Gasteiger partial charge in [-0.3, -0.25) is 0 Å². The van der Waals surface area contributed by atoms with Crippen molar-refractivity contribution in [3.63, 3.8) is 0 Å². The molecular weight excluding hydrogens is 256 g/mol. The Morgan fingerprint density at radius 1 is 1.44 bits per heavy atom. The van der Waals surface area contributed by atoms with E-state index in [0.717, 1.165) is 13.0 Å². The summed E-state index contributed by atoms with van der Waals surface area (Å²) in [5, 5.41) is 6.07. The molecule has 0 bridgehead atoms. The normalized spacial score (nSPS) is 13.7. The van der Waals surface area contributed by atoms with Crippen LogP contribution in [0.15, 0.2) is 10.9 Å². The molecule has 0 aliphatic rings. The first-order chi connectivity index (χ1) is 8.56. The van der Waals surface area contributed by atoms with Crippen LogP contribution in [0, 0.1) is 0 Å². The minimum atomic E-state index is -3.30. The minimum Gasteiger partial charge on any atom is -0.340 e. The molecular formula is C10H20N4O3S. The zero-order chi connectivity index (χ0) is 13.4. The predicted molar refractivity (Wildman–Crippen MR) is 67.5 cm³/mol. The monoisotopic (exact) mass is 276 g/mol. The zero-order valence-electron chi connectivity index (χ0n) is 10.7. The molecule has 18 heavy (non-hydrogen) atoms. The molecule has 0 saturated carbocycles. The van der Waals surface area contributed by atoms with Gasteiger partial charge in [0.1, 0.15) is 0 Å². The summed E-state index contributed by atoms with van der Waals surface area (Å²) in [4.78, 5) is 3.82. The summed E-state index contributed by atoms with van der Waals surface area (Å²) in [6.07, 6.45) is 2.67. The van der Waals surface area contributed by atoms with E-state index in [4.69, 9.17) is 4.52 Å². The summed E-state index contributed by atoms with van der Waals surface area (Å²) in [6, 6.07) is 0. The molecule has 0 fully saturated rings. The smallest absolute Gasteiger partial charge is 0.227 e. The number of nitrogens with one attached hydrogen (secondary N) is 2. The molecule has 8 heteroatoms. The van der Waals surface area contributed by atoms with E-state index < -0.39 is 15.3 Å². The van der Waals surface area contributed by atoms with Crippen molar-refractivity contribution in [2.24, 2.45) is 0 Å². The van der Waals surface area contributed by atoms with Crippen LogP contribution >= 0.6 is 0 Å². The van der Waals surface area contributed by atoms with Crippen molar-refractivity contribution >= 4 is 10.0 Å². The quantitative estimate of drug-likeness (QED) is 0.612. The molecule has 1 rings (SSSR count). The van der Waals surface area contributed by atoms with Crippen LogP contribution in [0.4, 0.5) is 0 Å². The maximum absolute atomic E-state index is 11.8. The van der Waals surface area contributed by atoms with Crippen molar-refractivity contribution in [3.05, 3.63) is 12.2 Å². The van der Waals surface area contributed by atoms with Crippen LogP contribution < -0.4 is 10.0 Å². The second-order valence-electron chi connectivity index (χ2n) is 4.04. The highest BCUT2D eigenvalue weighted by Gasteiger charge is 2.19. The molecule has 1 unspecified atom stereocenters. The highest BCUT2D eigenvalue weighted by molar-refractivity contribution is 7.90. The van der Waals surface area contributed by atoms with Crippen molar-refractivity contribution in [2.45, 2.75) is 31.9 Å². The molecule has 0 aromatic carbocycles. The molecule has 1 aromatic heterocycles. The lowest BCUT2D eigenvalue weighted by Crippen LogP contribution is -2.39. The molecule has 0 spiro atoms. The first-order valence-corrected chi connectivity index (χ1v) is 7.55. The van der Waals surface area contributed by atoms with Gasteiger partial charge in [0.05, 0.1) is 5.25 Å². The van der Waals surface area contributed by atoms with Crippen LogP contribution in [0.2, 0.25) is 0 Å². The Bertz CT molecular complexity index is 418. The van der Waals surface area contributed by atoms with Crippen molar-refractivity contribution in [1.29, 1.82) is 0 Å². The number of aromatic nitrogens is 2. The maximum atomic E-state index is 11.8. The van der Waals surface area contributed by atoms with Gasteiger partial charge in [-0.15, -0.1) is 0 Å². The standard InChI is InChI=1S/C10H20N4O3S/c1-3-5-11-7-9(2)18(15,16)14-6-4-10-12-8-13-17-10/h8-9,11,14H,3-7H2,1-2H3. The molecule has 1 atom stereocenters. The minimum absolute atomic E-state index is 0.267. The van der Waals surface area contributed by atoms with Gasteiger partial charge in [0.25, 0.3) is 0 Å². The number of sulfonamides is 1. The molecule has 7 nitrogen and oxygen atoms in total. The highest BCUT2D eigenvalue weighted by atomic mass is 32.2.